The van der Waals surface area contributed by atoms with Crippen LogP contribution in [0.3, 0.4) is 0 Å². The molecule has 0 radical (unpaired) electrons. The molecule has 0 aliphatic rings. The Bertz CT molecular complexity index is 522. The predicted molar refractivity (Wildman–Crippen MR) is 74.3 cm³/mol. The maximum Gasteiger partial charge on any atom is 0.241 e. The summed E-state index contributed by atoms with van der Waals surface area (Å²) in [5.41, 5.74) is 6.73. The van der Waals surface area contributed by atoms with Crippen LogP contribution in [0.4, 0.5) is 0 Å². The van der Waals surface area contributed by atoms with Gasteiger partial charge in [-0.15, -0.1) is 11.3 Å². The molecule has 0 bridgehead atoms. The minimum Gasteiger partial charge on any atom is -0.350 e. The molecule has 0 spiro atoms. The molecular weight excluding hydrogens is 244 g/mol. The van der Waals surface area contributed by atoms with Crippen LogP contribution in [0.5, 0.6) is 0 Å². The Morgan fingerprint density at radius 3 is 2.61 bits per heavy atom. The number of carbonyl (C=O) groups is 1. The molecule has 94 valence electrons. The number of thiophene rings is 1. The first-order valence-corrected chi connectivity index (χ1v) is 6.62. The van der Waals surface area contributed by atoms with Crippen molar-refractivity contribution in [1.29, 1.82) is 0 Å². The Morgan fingerprint density at radius 1 is 1.28 bits per heavy atom. The van der Waals surface area contributed by atoms with Crippen LogP contribution in [0.15, 0.2) is 42.5 Å². The average Bonchev–Trinajstić information content (AvgIpc) is 2.82. The van der Waals surface area contributed by atoms with Crippen LogP contribution in [0.25, 0.3) is 0 Å². The molecule has 4 heteroatoms. The number of rotatable bonds is 4. The van der Waals surface area contributed by atoms with Gasteiger partial charge in [0.15, 0.2) is 0 Å². The number of hydrogen-bond donors (Lipinski definition) is 2. The predicted octanol–water partition coefficient (Wildman–Crippen LogP) is 2.37. The van der Waals surface area contributed by atoms with E-state index < -0.39 is 6.04 Å². The third-order valence-corrected chi connectivity index (χ3v) is 3.67. The van der Waals surface area contributed by atoms with Crippen molar-refractivity contribution < 1.29 is 4.79 Å². The molecule has 0 saturated heterocycles. The zero-order valence-corrected chi connectivity index (χ0v) is 11.0. The largest absolute Gasteiger partial charge is 0.350 e. The van der Waals surface area contributed by atoms with Crippen molar-refractivity contribution in [2.75, 3.05) is 0 Å². The fourth-order valence-electron chi connectivity index (χ4n) is 1.68. The molecule has 3 N–H and O–H groups in total. The van der Waals surface area contributed by atoms with Gasteiger partial charge in [-0.1, -0.05) is 30.3 Å². The quantitative estimate of drug-likeness (QED) is 0.886. The van der Waals surface area contributed by atoms with Gasteiger partial charge in [0.25, 0.3) is 0 Å². The third-order valence-electron chi connectivity index (χ3n) is 2.67. The molecule has 18 heavy (non-hydrogen) atoms. The van der Waals surface area contributed by atoms with Gasteiger partial charge < -0.3 is 11.1 Å². The summed E-state index contributed by atoms with van der Waals surface area (Å²) >= 11 is 1.68. The van der Waals surface area contributed by atoms with E-state index in [-0.39, 0.29) is 5.91 Å². The summed E-state index contributed by atoms with van der Waals surface area (Å²) in [7, 11) is 0. The second-order valence-corrected chi connectivity index (χ2v) is 5.49. The molecule has 1 heterocycles. The van der Waals surface area contributed by atoms with E-state index in [0.29, 0.717) is 6.54 Å². The first kappa shape index (κ1) is 12.8. The van der Waals surface area contributed by atoms with Crippen LogP contribution < -0.4 is 11.1 Å². The number of amides is 1. The number of aryl methyl sites for hydroxylation is 1. The smallest absolute Gasteiger partial charge is 0.241 e. The second kappa shape index (κ2) is 5.80. The lowest BCUT2D eigenvalue weighted by molar-refractivity contribution is -0.122. The first-order chi connectivity index (χ1) is 8.66. The molecule has 3 nitrogen and oxygen atoms in total. The summed E-state index contributed by atoms with van der Waals surface area (Å²) in [6.45, 7) is 2.59. The number of hydrogen-bond acceptors (Lipinski definition) is 3. The van der Waals surface area contributed by atoms with Crippen LogP contribution >= 0.6 is 11.3 Å². The maximum atomic E-state index is 11.9. The highest BCUT2D eigenvalue weighted by atomic mass is 32.1. The number of nitrogens with one attached hydrogen (secondary N) is 1. The average molecular weight is 260 g/mol. The molecule has 0 fully saturated rings. The fourth-order valence-corrected chi connectivity index (χ4v) is 2.51. The molecule has 0 aliphatic heterocycles. The minimum atomic E-state index is -0.604. The molecule has 1 atom stereocenters. The molecule has 0 saturated carbocycles. The van der Waals surface area contributed by atoms with Crippen molar-refractivity contribution in [3.63, 3.8) is 0 Å². The fraction of sp³-hybridized carbons (Fsp3) is 0.214. The SMILES string of the molecule is Cc1ccc(CNC(=O)[C@@H](N)c2ccccc2)s1. The lowest BCUT2D eigenvalue weighted by Crippen LogP contribution is -2.33. The van der Waals surface area contributed by atoms with Crippen molar-refractivity contribution in [1.82, 2.24) is 5.32 Å². The van der Waals surface area contributed by atoms with Gasteiger partial charge in [0.1, 0.15) is 6.04 Å². The molecule has 1 aromatic carbocycles. The molecular formula is C14H16N2OS. The third kappa shape index (κ3) is 3.18. The molecule has 1 aromatic heterocycles. The Hall–Kier alpha value is -1.65. The normalized spacial score (nSPS) is 12.1. The van der Waals surface area contributed by atoms with Crippen LogP contribution in [0.1, 0.15) is 21.4 Å². The highest BCUT2D eigenvalue weighted by Crippen LogP contribution is 2.15. The van der Waals surface area contributed by atoms with Gasteiger partial charge in [-0.05, 0) is 24.6 Å². The summed E-state index contributed by atoms with van der Waals surface area (Å²) in [5, 5.41) is 2.86. The van der Waals surface area contributed by atoms with E-state index in [0.717, 1.165) is 10.4 Å². The van der Waals surface area contributed by atoms with Crippen molar-refractivity contribution in [3.8, 4) is 0 Å². The Kier molecular flexibility index (Phi) is 4.12. The van der Waals surface area contributed by atoms with Gasteiger partial charge >= 0.3 is 0 Å². The number of nitrogens with two attached hydrogens (primary N) is 1. The number of carbonyl (C=O) groups excluding carboxylic acids is 1. The molecule has 2 aromatic rings. The minimum absolute atomic E-state index is 0.146. The zero-order valence-electron chi connectivity index (χ0n) is 10.2. The van der Waals surface area contributed by atoms with E-state index in [1.54, 1.807) is 11.3 Å². The van der Waals surface area contributed by atoms with Crippen molar-refractivity contribution >= 4 is 17.2 Å². The summed E-state index contributed by atoms with van der Waals surface area (Å²) in [5.74, 6) is -0.146. The van der Waals surface area contributed by atoms with E-state index in [4.69, 9.17) is 5.73 Å². The topological polar surface area (TPSA) is 55.1 Å². The van der Waals surface area contributed by atoms with Crippen LogP contribution in [-0.4, -0.2) is 5.91 Å². The summed E-state index contributed by atoms with van der Waals surface area (Å²) < 4.78 is 0. The second-order valence-electron chi connectivity index (χ2n) is 4.12. The lowest BCUT2D eigenvalue weighted by atomic mass is 10.1. The highest BCUT2D eigenvalue weighted by Gasteiger charge is 2.14. The van der Waals surface area contributed by atoms with Crippen molar-refractivity contribution in [2.24, 2.45) is 5.73 Å². The van der Waals surface area contributed by atoms with Crippen LogP contribution in [0.2, 0.25) is 0 Å². The first-order valence-electron chi connectivity index (χ1n) is 5.80. The van der Waals surface area contributed by atoms with E-state index >= 15 is 0 Å². The summed E-state index contributed by atoms with van der Waals surface area (Å²) in [4.78, 5) is 14.3. The van der Waals surface area contributed by atoms with Gasteiger partial charge in [0.05, 0.1) is 6.54 Å². The monoisotopic (exact) mass is 260 g/mol. The van der Waals surface area contributed by atoms with E-state index in [1.807, 2.05) is 49.4 Å². The molecule has 0 aliphatic carbocycles. The van der Waals surface area contributed by atoms with Crippen molar-refractivity contribution in [3.05, 3.63) is 57.8 Å². The zero-order chi connectivity index (χ0) is 13.0. The van der Waals surface area contributed by atoms with Crippen LogP contribution in [0, 0.1) is 6.92 Å². The summed E-state index contributed by atoms with van der Waals surface area (Å²) in [6.07, 6.45) is 0. The van der Waals surface area contributed by atoms with E-state index in [1.165, 1.54) is 4.88 Å². The molecule has 2 rings (SSSR count). The van der Waals surface area contributed by atoms with Gasteiger partial charge in [-0.25, -0.2) is 0 Å². The standard InChI is InChI=1S/C14H16N2OS/c1-10-7-8-12(18-10)9-16-14(17)13(15)11-5-3-2-4-6-11/h2-8,13H,9,15H2,1H3,(H,16,17)/t13-/m0/s1. The Morgan fingerprint density at radius 2 is 2.00 bits per heavy atom. The van der Waals surface area contributed by atoms with Gasteiger partial charge in [-0.2, -0.15) is 0 Å². The van der Waals surface area contributed by atoms with Gasteiger partial charge in [-0.3, -0.25) is 4.79 Å². The van der Waals surface area contributed by atoms with E-state index in [9.17, 15) is 4.79 Å². The van der Waals surface area contributed by atoms with Gasteiger partial charge in [0, 0.05) is 9.75 Å². The molecule has 0 unspecified atom stereocenters. The van der Waals surface area contributed by atoms with Crippen LogP contribution in [-0.2, 0) is 11.3 Å². The lowest BCUT2D eigenvalue weighted by Gasteiger charge is -2.11. The number of benzene rings is 1. The maximum absolute atomic E-state index is 11.9. The van der Waals surface area contributed by atoms with E-state index in [2.05, 4.69) is 5.32 Å². The Balaban J connectivity index is 1.92. The summed E-state index contributed by atoms with van der Waals surface area (Å²) in [6, 6.07) is 12.8. The van der Waals surface area contributed by atoms with Crippen molar-refractivity contribution in [2.45, 2.75) is 19.5 Å². The Labute approximate surface area is 111 Å². The molecule has 1 amide bonds. The highest BCUT2D eigenvalue weighted by molar-refractivity contribution is 7.11. The van der Waals surface area contributed by atoms with Gasteiger partial charge in [0.2, 0.25) is 5.91 Å².